The van der Waals surface area contributed by atoms with Gasteiger partial charge in [-0.05, 0) is 166 Å². The summed E-state index contributed by atoms with van der Waals surface area (Å²) >= 11 is 0. The molecule has 0 bridgehead atoms. The number of hydrogen-bond acceptors (Lipinski definition) is 0. The van der Waals surface area contributed by atoms with Gasteiger partial charge in [0.2, 0.25) is 0 Å². The zero-order valence-electron chi connectivity index (χ0n) is 41.9. The highest BCUT2D eigenvalue weighted by Gasteiger charge is 2.36. The molecule has 0 atom stereocenters. The summed E-state index contributed by atoms with van der Waals surface area (Å²) in [5.41, 5.74) is 20.3. The van der Waals surface area contributed by atoms with E-state index in [0.717, 1.165) is 0 Å². The van der Waals surface area contributed by atoms with Crippen LogP contribution in [0.4, 0.5) is 0 Å². The summed E-state index contributed by atoms with van der Waals surface area (Å²) < 4.78 is 0. The Morgan fingerprint density at radius 1 is 0.187 bits per heavy atom. The smallest absolute Gasteiger partial charge is 0.0159 e. The van der Waals surface area contributed by atoms with Gasteiger partial charge in [-0.3, -0.25) is 0 Å². The first-order valence-corrected chi connectivity index (χ1v) is 26.3. The molecular formula is C75H50. The summed E-state index contributed by atoms with van der Waals surface area (Å²) in [7, 11) is 0. The molecule has 0 saturated heterocycles. The Balaban J connectivity index is 0.836. The van der Waals surface area contributed by atoms with E-state index in [1.165, 1.54) is 154 Å². The van der Waals surface area contributed by atoms with E-state index in [2.05, 4.69) is 281 Å². The highest BCUT2D eigenvalue weighted by atomic mass is 14.4. The molecule has 15 rings (SSSR count). The van der Waals surface area contributed by atoms with Crippen molar-refractivity contribution in [3.63, 3.8) is 0 Å². The first kappa shape index (κ1) is 43.2. The molecule has 0 N–H and O–H groups in total. The maximum Gasteiger partial charge on any atom is 0.0159 e. The van der Waals surface area contributed by atoms with Crippen molar-refractivity contribution in [1.29, 1.82) is 0 Å². The van der Waals surface area contributed by atoms with Crippen LogP contribution >= 0.6 is 0 Å². The van der Waals surface area contributed by atoms with Gasteiger partial charge in [0.1, 0.15) is 0 Å². The Labute approximate surface area is 437 Å². The lowest BCUT2D eigenvalue weighted by molar-refractivity contribution is 0.661. The van der Waals surface area contributed by atoms with Gasteiger partial charge in [-0.1, -0.05) is 269 Å². The monoisotopic (exact) mass is 950 g/mol. The summed E-state index contributed by atoms with van der Waals surface area (Å²) in [5, 5.41) is 15.2. The molecule has 75 heavy (non-hydrogen) atoms. The maximum atomic E-state index is 2.48. The average Bonchev–Trinajstić information content (AvgIpc) is 3.70. The minimum Gasteiger partial charge on any atom is -0.0622 e. The van der Waals surface area contributed by atoms with Crippen LogP contribution in [0.2, 0.25) is 0 Å². The molecule has 350 valence electrons. The second kappa shape index (κ2) is 16.9. The van der Waals surface area contributed by atoms with Crippen molar-refractivity contribution in [3.8, 4) is 77.9 Å². The third-order valence-corrected chi connectivity index (χ3v) is 16.7. The van der Waals surface area contributed by atoms with Gasteiger partial charge in [-0.15, -0.1) is 0 Å². The van der Waals surface area contributed by atoms with E-state index in [1.807, 2.05) is 0 Å². The fourth-order valence-corrected chi connectivity index (χ4v) is 13.3. The van der Waals surface area contributed by atoms with Crippen LogP contribution in [0.3, 0.4) is 0 Å². The Morgan fingerprint density at radius 3 is 0.747 bits per heavy atom. The van der Waals surface area contributed by atoms with E-state index < -0.39 is 0 Å². The average molecular weight is 951 g/mol. The van der Waals surface area contributed by atoms with Crippen molar-refractivity contribution in [2.24, 2.45) is 0 Å². The van der Waals surface area contributed by atoms with Crippen LogP contribution < -0.4 is 0 Å². The fraction of sp³-hybridized carbons (Fsp3) is 0.0400. The predicted octanol–water partition coefficient (Wildman–Crippen LogP) is 20.9. The molecule has 14 aromatic rings. The van der Waals surface area contributed by atoms with Crippen LogP contribution in [0.15, 0.2) is 267 Å². The van der Waals surface area contributed by atoms with Gasteiger partial charge in [0.25, 0.3) is 0 Å². The topological polar surface area (TPSA) is 0 Å². The van der Waals surface area contributed by atoms with E-state index in [4.69, 9.17) is 0 Å². The minimum absolute atomic E-state index is 0.223. The van der Waals surface area contributed by atoms with Crippen molar-refractivity contribution < 1.29 is 0 Å². The zero-order valence-corrected chi connectivity index (χ0v) is 41.9. The molecule has 0 heteroatoms. The van der Waals surface area contributed by atoms with E-state index >= 15 is 0 Å². The quantitative estimate of drug-likeness (QED) is 0.146. The predicted molar refractivity (Wildman–Crippen MR) is 322 cm³/mol. The van der Waals surface area contributed by atoms with Gasteiger partial charge < -0.3 is 0 Å². The summed E-state index contributed by atoms with van der Waals surface area (Å²) in [4.78, 5) is 0. The molecule has 0 aliphatic heterocycles. The SMILES string of the molecule is CC1(C)c2cc(-c3ccc(-c4c5ccccc5c(-c5ccccc5)c5ccccc45)c4ccccc34)ccc2-c2ccc(-c3ccc(-c4c5ccccc5c(-c5ccccc5)c5ccccc45)c4ccccc34)cc21. The first-order chi connectivity index (χ1) is 37.0. The van der Waals surface area contributed by atoms with Crippen molar-refractivity contribution >= 4 is 64.6 Å². The number of fused-ring (bicyclic) bond motifs is 9. The Morgan fingerprint density at radius 2 is 0.427 bits per heavy atom. The molecule has 1 aliphatic carbocycles. The second-order valence-electron chi connectivity index (χ2n) is 21.0. The normalized spacial score (nSPS) is 12.8. The molecule has 0 fully saturated rings. The lowest BCUT2D eigenvalue weighted by Crippen LogP contribution is -2.15. The van der Waals surface area contributed by atoms with Crippen LogP contribution in [-0.2, 0) is 5.41 Å². The number of rotatable bonds is 6. The zero-order chi connectivity index (χ0) is 49.8. The van der Waals surface area contributed by atoms with E-state index in [1.54, 1.807) is 0 Å². The summed E-state index contributed by atoms with van der Waals surface area (Å²) in [6, 6.07) is 99.6. The standard InChI is InChI=1S/C75H50/c1-75(2)69-45-49(51-41-43-67(55-27-11-9-25-53(51)55)73-63-33-17-13-29-59(63)71(47-21-5-3-6-22-47)60-30-14-18-34-64(60)73)37-39-57(69)58-40-38-50(46-70(58)75)52-42-44-68(56-28-12-10-26-54(52)56)74-65-35-19-15-31-61(65)72(48-23-7-4-8-24-48)62-32-16-20-36-66(62)74/h3-46H,1-2H3. The van der Waals surface area contributed by atoms with E-state index in [0.29, 0.717) is 0 Å². The third kappa shape index (κ3) is 6.56. The summed E-state index contributed by atoms with van der Waals surface area (Å²) in [6.45, 7) is 4.83. The van der Waals surface area contributed by atoms with Crippen LogP contribution in [-0.4, -0.2) is 0 Å². The van der Waals surface area contributed by atoms with Crippen LogP contribution in [0.1, 0.15) is 25.0 Å². The Bertz CT molecular complexity index is 4240. The van der Waals surface area contributed by atoms with Gasteiger partial charge in [-0.2, -0.15) is 0 Å². The van der Waals surface area contributed by atoms with Crippen molar-refractivity contribution in [1.82, 2.24) is 0 Å². The Hall–Kier alpha value is -9.36. The molecule has 0 aromatic heterocycles. The van der Waals surface area contributed by atoms with Crippen molar-refractivity contribution in [3.05, 3.63) is 278 Å². The lowest BCUT2D eigenvalue weighted by Gasteiger charge is -2.23. The highest BCUT2D eigenvalue weighted by molar-refractivity contribution is 6.26. The van der Waals surface area contributed by atoms with E-state index in [-0.39, 0.29) is 5.41 Å². The molecule has 0 saturated carbocycles. The highest BCUT2D eigenvalue weighted by Crippen LogP contribution is 2.53. The minimum atomic E-state index is -0.223. The van der Waals surface area contributed by atoms with Crippen LogP contribution in [0.25, 0.3) is 143 Å². The Kier molecular flexibility index (Phi) is 9.72. The van der Waals surface area contributed by atoms with Crippen LogP contribution in [0.5, 0.6) is 0 Å². The summed E-state index contributed by atoms with van der Waals surface area (Å²) in [6.07, 6.45) is 0. The molecule has 0 unspecified atom stereocenters. The van der Waals surface area contributed by atoms with Gasteiger partial charge in [0.15, 0.2) is 0 Å². The number of benzene rings is 14. The molecular weight excluding hydrogens is 901 g/mol. The van der Waals surface area contributed by atoms with Gasteiger partial charge in [0.05, 0.1) is 0 Å². The molecule has 0 spiro atoms. The van der Waals surface area contributed by atoms with Crippen molar-refractivity contribution in [2.75, 3.05) is 0 Å². The third-order valence-electron chi connectivity index (χ3n) is 16.7. The van der Waals surface area contributed by atoms with Crippen LogP contribution in [0, 0.1) is 0 Å². The maximum absolute atomic E-state index is 2.48. The van der Waals surface area contributed by atoms with Gasteiger partial charge in [-0.25, -0.2) is 0 Å². The fourth-order valence-electron chi connectivity index (χ4n) is 13.3. The lowest BCUT2D eigenvalue weighted by atomic mass is 9.80. The molecule has 0 radical (unpaired) electrons. The van der Waals surface area contributed by atoms with Gasteiger partial charge >= 0.3 is 0 Å². The van der Waals surface area contributed by atoms with E-state index in [9.17, 15) is 0 Å². The summed E-state index contributed by atoms with van der Waals surface area (Å²) in [5.74, 6) is 0. The second-order valence-corrected chi connectivity index (χ2v) is 21.0. The van der Waals surface area contributed by atoms with Gasteiger partial charge in [0, 0.05) is 5.41 Å². The van der Waals surface area contributed by atoms with Crippen molar-refractivity contribution in [2.45, 2.75) is 19.3 Å². The molecule has 1 aliphatic rings. The molecule has 0 amide bonds. The largest absolute Gasteiger partial charge is 0.0622 e. The first-order valence-electron chi connectivity index (χ1n) is 26.3. The molecule has 0 heterocycles. The number of hydrogen-bond donors (Lipinski definition) is 0. The molecule has 0 nitrogen and oxygen atoms in total. The molecule has 14 aromatic carbocycles.